The molecule has 0 saturated heterocycles. The fraction of sp³-hybridized carbons (Fsp3) is 0.220. The molecule has 3 heterocycles. The first-order valence-corrected chi connectivity index (χ1v) is 13.8. The maximum absolute atomic E-state index is 15.3. The fourth-order valence-electron chi connectivity index (χ4n) is 6.14. The Morgan fingerprint density at radius 3 is 2.04 bits per heavy atom. The third-order valence-corrected chi connectivity index (χ3v) is 8.10. The van der Waals surface area contributed by atoms with Gasteiger partial charge in [-0.2, -0.15) is 0 Å². The van der Waals surface area contributed by atoms with E-state index in [1.165, 1.54) is 0 Å². The molecule has 5 heteroatoms. The van der Waals surface area contributed by atoms with Gasteiger partial charge in [0.25, 0.3) is 6.71 Å². The Balaban J connectivity index is 1.78. The van der Waals surface area contributed by atoms with Crippen molar-refractivity contribution in [3.05, 3.63) is 128 Å². The highest BCUT2D eigenvalue weighted by Gasteiger charge is 2.37. The first kappa shape index (κ1) is 11.4. The van der Waals surface area contributed by atoms with Gasteiger partial charge in [0.15, 0.2) is 10.9 Å². The Bertz CT molecular complexity index is 3750. The standard InChI is InChI=1S/C41H36BNO3/c1-22(2)25-18-29(23(3)4)38(30(19-25)24(5)6)42-32-15-8-10-17-36(32)46-37-21-35-31(20-33(37)42)41(45)28-14-11-13-27-39(28)43(35)34-16-9-7-12-26(34)40(27)44/h7-24H,1-6H3/i1D3,2D3,3D3,5D3,7D,8D,9D,10D,11D,12D,13D,14D,15D,16D,17D,20D,21D,22D,23D,24D. The molecular weight excluding hydrogens is 565 g/mol. The van der Waals surface area contributed by atoms with Crippen LogP contribution in [-0.2, 0) is 0 Å². The molecule has 0 N–H and O–H groups in total. The van der Waals surface area contributed by atoms with E-state index < -0.39 is 224 Å². The van der Waals surface area contributed by atoms with Crippen LogP contribution in [0.25, 0.3) is 38.1 Å². The first-order valence-electron chi connectivity index (χ1n) is 27.8. The Morgan fingerprint density at radius 1 is 0.696 bits per heavy atom. The number of para-hydroxylation sites is 3. The fourth-order valence-corrected chi connectivity index (χ4v) is 6.14. The molecular formula is C41H36BNO3. The average molecular weight is 630 g/mol. The lowest BCUT2D eigenvalue weighted by atomic mass is 9.33. The van der Waals surface area contributed by atoms with Crippen LogP contribution in [0.2, 0.25) is 0 Å². The molecule has 2 aromatic heterocycles. The lowest BCUT2D eigenvalue weighted by Crippen LogP contribution is -2.57. The van der Waals surface area contributed by atoms with E-state index in [1.807, 2.05) is 0 Å². The molecule has 1 aliphatic rings. The summed E-state index contributed by atoms with van der Waals surface area (Å²) in [6.45, 7) is -16.1. The molecule has 0 aliphatic carbocycles. The van der Waals surface area contributed by atoms with Crippen LogP contribution >= 0.6 is 0 Å². The number of pyridine rings is 2. The van der Waals surface area contributed by atoms with E-state index in [0.29, 0.717) is 30.4 Å². The van der Waals surface area contributed by atoms with E-state index in [4.69, 9.17) is 36.3 Å². The highest BCUT2D eigenvalue weighted by Crippen LogP contribution is 2.34. The molecule has 7 aromatic rings. The number of rotatable bonds is 4. The van der Waals surface area contributed by atoms with Crippen molar-refractivity contribution >= 4 is 61.2 Å². The van der Waals surface area contributed by atoms with Crippen LogP contribution in [0.4, 0.5) is 0 Å². The summed E-state index contributed by atoms with van der Waals surface area (Å²) in [5.74, 6) is -12.2. The topological polar surface area (TPSA) is 47.8 Å². The minimum atomic E-state index is -3.89. The average Bonchev–Trinajstić information content (AvgIpc) is 3.28. The van der Waals surface area contributed by atoms with Gasteiger partial charge in [-0.25, -0.2) is 0 Å². The van der Waals surface area contributed by atoms with Crippen molar-refractivity contribution in [3.63, 3.8) is 0 Å². The molecule has 2 atom stereocenters. The van der Waals surface area contributed by atoms with Crippen LogP contribution in [0.15, 0.2) is 100 Å². The number of hydrogen-bond acceptors (Lipinski definition) is 3. The van der Waals surface area contributed by atoms with Crippen LogP contribution in [0.5, 0.6) is 11.5 Å². The van der Waals surface area contributed by atoms with Crippen LogP contribution in [-0.4, -0.2) is 11.1 Å². The minimum Gasteiger partial charge on any atom is -0.458 e. The number of hydrogen-bond donors (Lipinski definition) is 0. The van der Waals surface area contributed by atoms with Crippen molar-refractivity contribution in [2.24, 2.45) is 0 Å². The maximum atomic E-state index is 15.3. The van der Waals surface area contributed by atoms with Gasteiger partial charge in [0.1, 0.15) is 11.5 Å². The second-order valence-corrected chi connectivity index (χ2v) is 10.8. The summed E-state index contributed by atoms with van der Waals surface area (Å²) in [5, 5.41) is -3.63. The molecule has 0 bridgehead atoms. The van der Waals surface area contributed by atoms with Gasteiger partial charge in [-0.3, -0.25) is 9.59 Å². The molecule has 1 aliphatic heterocycles. The molecule has 0 fully saturated rings. The predicted octanol–water partition coefficient (Wildman–Crippen LogP) is 7.55. The molecule has 0 saturated carbocycles. The van der Waals surface area contributed by atoms with Gasteiger partial charge in [0.05, 0.1) is 34.4 Å². The summed E-state index contributed by atoms with van der Waals surface area (Å²) < 4.78 is 254. The van der Waals surface area contributed by atoms with E-state index in [1.54, 1.807) is 0 Å². The number of benzene rings is 5. The SMILES string of the molecule is [2H]c1c([2H])c([2H])c2c(c1[2H])Oc1c(c([2H])c3c(=O)c4c([2H])c([2H])c([2H])c5c(=O)c6c([2H])c([2H])c([2H])c([2H])c6n(c3c1[2H])c54)B2c1c(C([2H])(C)C([2H])([2H])[2H])cc(C([2H])(C([2H])([2H])[2H])C([2H])([2H])[2H])cc1C([2H])(C)C([2H])([2H])[2H]. The number of nitrogens with zero attached hydrogens (tertiary/aromatic N) is 1. The van der Waals surface area contributed by atoms with E-state index in [2.05, 4.69) is 0 Å². The van der Waals surface area contributed by atoms with Crippen molar-refractivity contribution in [3.8, 4) is 11.5 Å². The van der Waals surface area contributed by atoms with E-state index in [-0.39, 0.29) is 0 Å². The number of fused-ring (bicyclic) bond motifs is 6. The van der Waals surface area contributed by atoms with Crippen LogP contribution in [0, 0.1) is 0 Å². The Labute approximate surface area is 308 Å². The molecule has 0 amide bonds. The predicted molar refractivity (Wildman–Crippen MR) is 194 cm³/mol. The van der Waals surface area contributed by atoms with Crippen LogP contribution in [0.3, 0.4) is 0 Å². The smallest absolute Gasteiger partial charge is 0.251 e. The summed E-state index contributed by atoms with van der Waals surface area (Å²) in [6.07, 6.45) is 0. The zero-order valence-corrected chi connectivity index (χ0v) is 23.9. The van der Waals surface area contributed by atoms with Crippen LogP contribution in [0.1, 0.15) is 114 Å². The van der Waals surface area contributed by atoms with Crippen molar-refractivity contribution in [1.29, 1.82) is 0 Å². The molecule has 8 rings (SSSR count). The highest BCUT2D eigenvalue weighted by atomic mass is 16.5. The third-order valence-electron chi connectivity index (χ3n) is 8.10. The maximum Gasteiger partial charge on any atom is 0.251 e. The minimum absolute atomic E-state index is 0.488. The summed E-state index contributed by atoms with van der Waals surface area (Å²) in [5.41, 5.74) is -11.2. The summed E-state index contributed by atoms with van der Waals surface area (Å²) in [6, 6.07) is -12.6. The quantitative estimate of drug-likeness (QED) is 0.115. The molecule has 5 aromatic carbocycles. The third kappa shape index (κ3) is 4.00. The summed E-state index contributed by atoms with van der Waals surface area (Å²) >= 11 is 0. The monoisotopic (exact) mass is 629 g/mol. The Hall–Kier alpha value is -4.90. The van der Waals surface area contributed by atoms with Gasteiger partial charge in [-0.15, -0.1) is 0 Å². The van der Waals surface area contributed by atoms with Crippen LogP contribution < -0.4 is 32.0 Å². The van der Waals surface area contributed by atoms with E-state index in [9.17, 15) is 11.6 Å². The lowest BCUT2D eigenvalue weighted by Gasteiger charge is -2.32. The van der Waals surface area contributed by atoms with Gasteiger partial charge in [0.2, 0.25) is 0 Å². The van der Waals surface area contributed by atoms with Gasteiger partial charge in [-0.1, -0.05) is 95.1 Å². The summed E-state index contributed by atoms with van der Waals surface area (Å²) in [4.78, 5) is 29.7. The second-order valence-electron chi connectivity index (χ2n) is 10.8. The normalized spacial score (nSPS) is 25.7. The molecule has 0 radical (unpaired) electrons. The molecule has 2 unspecified atom stereocenters. The van der Waals surface area contributed by atoms with Gasteiger partial charge in [-0.05, 0) is 81.6 Å². The number of aromatic nitrogens is 1. The van der Waals surface area contributed by atoms with Gasteiger partial charge < -0.3 is 9.14 Å². The van der Waals surface area contributed by atoms with Crippen molar-refractivity contribution in [2.75, 3.05) is 0 Å². The van der Waals surface area contributed by atoms with Gasteiger partial charge >= 0.3 is 0 Å². The lowest BCUT2D eigenvalue weighted by molar-refractivity contribution is 0.488. The molecule has 0 spiro atoms. The zero-order valence-electron chi connectivity index (χ0n) is 51.9. The van der Waals surface area contributed by atoms with E-state index in [0.717, 1.165) is 0 Å². The van der Waals surface area contributed by atoms with E-state index >= 15 is 4.79 Å². The number of ether oxygens (including phenoxy) is 1. The first-order chi connectivity index (χ1) is 33.5. The van der Waals surface area contributed by atoms with Crippen molar-refractivity contribution in [1.82, 2.24) is 4.40 Å². The second kappa shape index (κ2) is 10.3. The van der Waals surface area contributed by atoms with Crippen molar-refractivity contribution < 1.29 is 43.1 Å². The Morgan fingerprint density at radius 2 is 1.33 bits per heavy atom. The largest absolute Gasteiger partial charge is 0.458 e. The molecule has 226 valence electrons. The van der Waals surface area contributed by atoms with Gasteiger partial charge in [0, 0.05) is 48.1 Å². The molecule has 4 nitrogen and oxygen atoms in total. The molecule has 46 heavy (non-hydrogen) atoms. The zero-order chi connectivity index (χ0) is 56.1. The summed E-state index contributed by atoms with van der Waals surface area (Å²) in [7, 11) is 0. The Kier molecular flexibility index (Phi) is 2.56. The van der Waals surface area contributed by atoms with Crippen molar-refractivity contribution in [2.45, 2.75) is 58.9 Å². The highest BCUT2D eigenvalue weighted by molar-refractivity contribution is 6.97.